The molecule has 0 unspecified atom stereocenters. The van der Waals surface area contributed by atoms with Crippen LogP contribution < -0.4 is 5.32 Å². The lowest BCUT2D eigenvalue weighted by atomic mass is 9.58. The first-order valence-electron chi connectivity index (χ1n) is 10.8. The van der Waals surface area contributed by atoms with Crippen LogP contribution in [0, 0.1) is 35.5 Å². The minimum absolute atomic E-state index is 0.0664. The molecule has 0 aliphatic heterocycles. The van der Waals surface area contributed by atoms with Gasteiger partial charge in [-0.05, 0) is 60.5 Å². The predicted octanol–water partition coefficient (Wildman–Crippen LogP) is 4.29. The maximum absolute atomic E-state index is 12.3. The third-order valence-electron chi connectivity index (χ3n) is 6.79. The van der Waals surface area contributed by atoms with E-state index in [4.69, 9.17) is 0 Å². The van der Waals surface area contributed by atoms with Crippen molar-refractivity contribution in [1.29, 1.82) is 0 Å². The molecule has 4 nitrogen and oxygen atoms in total. The van der Waals surface area contributed by atoms with Gasteiger partial charge < -0.3 is 10.4 Å². The molecule has 0 saturated heterocycles. The fourth-order valence-corrected chi connectivity index (χ4v) is 5.03. The van der Waals surface area contributed by atoms with Gasteiger partial charge in [-0.3, -0.25) is 9.78 Å². The normalized spacial score (nSPS) is 34.8. The number of hydrogen-bond donors (Lipinski definition) is 2. The van der Waals surface area contributed by atoms with E-state index in [0.717, 1.165) is 12.0 Å². The molecule has 1 fully saturated rings. The number of nitrogens with one attached hydrogen (secondary N) is 1. The molecule has 1 heterocycles. The zero-order chi connectivity index (χ0) is 21.0. The summed E-state index contributed by atoms with van der Waals surface area (Å²) in [6.45, 7) is 8.91. The van der Waals surface area contributed by atoms with Crippen LogP contribution in [-0.2, 0) is 11.3 Å². The number of nitrogens with zero attached hydrogens (tertiary/aromatic N) is 1. The van der Waals surface area contributed by atoms with Gasteiger partial charge >= 0.3 is 0 Å². The summed E-state index contributed by atoms with van der Waals surface area (Å²) in [5.74, 6) is 2.35. The lowest BCUT2D eigenvalue weighted by Gasteiger charge is -2.48. The van der Waals surface area contributed by atoms with Crippen LogP contribution in [0.4, 0.5) is 0 Å². The molecule has 2 N–H and O–H groups in total. The van der Waals surface area contributed by atoms with E-state index < -0.39 is 0 Å². The molecule has 0 aromatic carbocycles. The minimum Gasteiger partial charge on any atom is -0.393 e. The number of amides is 1. The summed E-state index contributed by atoms with van der Waals surface area (Å²) in [5.41, 5.74) is 1.67. The molecule has 1 aromatic heterocycles. The number of allylic oxidation sites excluding steroid dienone is 5. The molecule has 1 amide bonds. The molecule has 3 rings (SSSR count). The van der Waals surface area contributed by atoms with Crippen molar-refractivity contribution in [3.63, 3.8) is 0 Å². The Morgan fingerprint density at radius 3 is 2.83 bits per heavy atom. The topological polar surface area (TPSA) is 62.2 Å². The number of rotatable bonds is 5. The van der Waals surface area contributed by atoms with Crippen LogP contribution in [0.2, 0.25) is 0 Å². The largest absolute Gasteiger partial charge is 0.393 e. The van der Waals surface area contributed by atoms with Crippen LogP contribution in [0.15, 0.2) is 60.5 Å². The van der Waals surface area contributed by atoms with Gasteiger partial charge in [-0.25, -0.2) is 0 Å². The summed E-state index contributed by atoms with van der Waals surface area (Å²) >= 11 is 0. The molecule has 1 saturated carbocycles. The van der Waals surface area contributed by atoms with Crippen molar-refractivity contribution >= 4 is 5.91 Å². The van der Waals surface area contributed by atoms with E-state index in [2.05, 4.69) is 49.3 Å². The van der Waals surface area contributed by atoms with E-state index in [9.17, 15) is 9.90 Å². The molecular weight excluding hydrogens is 360 g/mol. The number of aliphatic hydroxyl groups excluding tert-OH is 1. The fourth-order valence-electron chi connectivity index (χ4n) is 5.03. The number of aromatic nitrogens is 1. The summed E-state index contributed by atoms with van der Waals surface area (Å²) in [6, 6.07) is 3.81. The standard InChI is InChI=1S/C25H34N2O2/c1-16-10-11-21-13-18(3)24(28)19(4)23(21)22(16)9-5-7-17(2)25(29)27-15-20-8-6-12-26-14-20/h5-12,14,16,18-19,21-24,28H,13,15H2,1-4H3,(H,27,29)/b9-5+,17-7+/t16-,18+,19-,21-,22+,23-,24-/m0/s1. The molecule has 1 aromatic rings. The quantitative estimate of drug-likeness (QED) is 0.445. The first-order valence-corrected chi connectivity index (χ1v) is 10.8. The van der Waals surface area contributed by atoms with Gasteiger partial charge in [0, 0.05) is 24.5 Å². The third-order valence-corrected chi connectivity index (χ3v) is 6.79. The summed E-state index contributed by atoms with van der Waals surface area (Å²) in [6.07, 6.45) is 15.1. The highest BCUT2D eigenvalue weighted by atomic mass is 16.3. The van der Waals surface area contributed by atoms with Crippen molar-refractivity contribution in [3.8, 4) is 0 Å². The SMILES string of the molecule is C/C(=C\C=C\[C@H]1[C@H]2[C@H](C)[C@@H](O)[C@H](C)C[C@@H]2C=C[C@@H]1C)C(=O)NCc1cccnc1. The number of carbonyl (C=O) groups excluding carboxylic acids is 1. The van der Waals surface area contributed by atoms with Gasteiger partial charge in [-0.1, -0.05) is 57.2 Å². The second-order valence-electron chi connectivity index (χ2n) is 8.90. The van der Waals surface area contributed by atoms with Crippen LogP contribution in [-0.4, -0.2) is 22.1 Å². The average Bonchev–Trinajstić information content (AvgIpc) is 2.72. The Balaban J connectivity index is 1.64. The number of fused-ring (bicyclic) bond motifs is 1. The average molecular weight is 395 g/mol. The van der Waals surface area contributed by atoms with Crippen molar-refractivity contribution in [2.24, 2.45) is 35.5 Å². The van der Waals surface area contributed by atoms with Crippen LogP contribution in [0.1, 0.15) is 39.7 Å². The minimum atomic E-state index is -0.235. The maximum Gasteiger partial charge on any atom is 0.247 e. The summed E-state index contributed by atoms with van der Waals surface area (Å²) in [4.78, 5) is 16.4. The Hall–Kier alpha value is -2.20. The second-order valence-corrected chi connectivity index (χ2v) is 8.90. The summed E-state index contributed by atoms with van der Waals surface area (Å²) in [5, 5.41) is 13.5. The highest BCUT2D eigenvalue weighted by molar-refractivity contribution is 5.93. The monoisotopic (exact) mass is 394 g/mol. The molecule has 0 bridgehead atoms. The van der Waals surface area contributed by atoms with Crippen molar-refractivity contribution in [3.05, 3.63) is 66.0 Å². The van der Waals surface area contributed by atoms with Gasteiger partial charge in [0.25, 0.3) is 0 Å². The lowest BCUT2D eigenvalue weighted by molar-refractivity contribution is -0.117. The zero-order valence-corrected chi connectivity index (χ0v) is 18.0. The van der Waals surface area contributed by atoms with Crippen molar-refractivity contribution in [2.75, 3.05) is 0 Å². The summed E-state index contributed by atoms with van der Waals surface area (Å²) in [7, 11) is 0. The van der Waals surface area contributed by atoms with Gasteiger partial charge in [0.1, 0.15) is 0 Å². The third kappa shape index (κ3) is 5.05. The van der Waals surface area contributed by atoms with Crippen LogP contribution >= 0.6 is 0 Å². The molecule has 4 heteroatoms. The van der Waals surface area contributed by atoms with Crippen LogP contribution in [0.25, 0.3) is 0 Å². The zero-order valence-electron chi connectivity index (χ0n) is 18.0. The van der Waals surface area contributed by atoms with Crippen LogP contribution in [0.3, 0.4) is 0 Å². The van der Waals surface area contributed by atoms with Gasteiger partial charge in [-0.15, -0.1) is 0 Å². The Morgan fingerprint density at radius 1 is 1.31 bits per heavy atom. The molecule has 0 spiro atoms. The van der Waals surface area contributed by atoms with E-state index in [0.29, 0.717) is 41.7 Å². The van der Waals surface area contributed by atoms with Gasteiger partial charge in [0.05, 0.1) is 6.10 Å². The van der Waals surface area contributed by atoms with Gasteiger partial charge in [-0.2, -0.15) is 0 Å². The molecule has 29 heavy (non-hydrogen) atoms. The Bertz CT molecular complexity index is 783. The molecule has 156 valence electrons. The van der Waals surface area contributed by atoms with Gasteiger partial charge in [0.15, 0.2) is 0 Å². The highest BCUT2D eigenvalue weighted by Gasteiger charge is 2.44. The smallest absolute Gasteiger partial charge is 0.247 e. The number of pyridine rings is 1. The molecule has 2 aliphatic carbocycles. The number of hydrogen-bond acceptors (Lipinski definition) is 3. The molecular formula is C25H34N2O2. The first kappa shape index (κ1) is 21.5. The van der Waals surface area contributed by atoms with Crippen molar-refractivity contribution in [1.82, 2.24) is 10.3 Å². The summed E-state index contributed by atoms with van der Waals surface area (Å²) < 4.78 is 0. The van der Waals surface area contributed by atoms with Crippen molar-refractivity contribution < 1.29 is 9.90 Å². The second kappa shape index (κ2) is 9.53. The lowest BCUT2D eigenvalue weighted by Crippen LogP contribution is -2.46. The molecule has 2 aliphatic rings. The fraction of sp³-hybridized carbons (Fsp3) is 0.520. The maximum atomic E-state index is 12.3. The number of carbonyl (C=O) groups is 1. The number of aliphatic hydroxyl groups is 1. The van der Waals surface area contributed by atoms with Crippen molar-refractivity contribution in [2.45, 2.75) is 46.8 Å². The first-order chi connectivity index (χ1) is 13.9. The van der Waals surface area contributed by atoms with Crippen LogP contribution in [0.5, 0.6) is 0 Å². The Kier molecular flexibility index (Phi) is 7.07. The van der Waals surface area contributed by atoms with E-state index in [1.54, 1.807) is 12.4 Å². The van der Waals surface area contributed by atoms with E-state index in [1.165, 1.54) is 0 Å². The van der Waals surface area contributed by atoms with E-state index in [-0.39, 0.29) is 17.9 Å². The highest BCUT2D eigenvalue weighted by Crippen LogP contribution is 2.48. The van der Waals surface area contributed by atoms with E-state index in [1.807, 2.05) is 31.2 Å². The van der Waals surface area contributed by atoms with E-state index >= 15 is 0 Å². The molecule has 7 atom stereocenters. The Labute approximate surface area is 174 Å². The predicted molar refractivity (Wildman–Crippen MR) is 117 cm³/mol. The molecule has 0 radical (unpaired) electrons. The Morgan fingerprint density at radius 2 is 2.10 bits per heavy atom. The van der Waals surface area contributed by atoms with Gasteiger partial charge in [0.2, 0.25) is 5.91 Å².